The molecule has 0 aliphatic heterocycles. The van der Waals surface area contributed by atoms with Gasteiger partial charge in [0.1, 0.15) is 12.5 Å². The molecular weight excluding hydrogens is 240 g/mol. The van der Waals surface area contributed by atoms with E-state index in [-0.39, 0.29) is 11.1 Å². The van der Waals surface area contributed by atoms with Crippen LogP contribution in [0.1, 0.15) is 27.7 Å². The first-order valence-corrected chi connectivity index (χ1v) is 5.40. The van der Waals surface area contributed by atoms with Gasteiger partial charge in [-0.1, -0.05) is 0 Å². The maximum atomic E-state index is 10.2. The van der Waals surface area contributed by atoms with Gasteiger partial charge in [0.05, 0.1) is 11.1 Å². The zero-order valence-corrected chi connectivity index (χ0v) is 11.1. The van der Waals surface area contributed by atoms with Crippen LogP contribution in [-0.2, 0) is 19.1 Å². The van der Waals surface area contributed by atoms with Crippen molar-refractivity contribution in [2.45, 2.75) is 27.7 Å². The Balaban J connectivity index is 0. The second-order valence-corrected chi connectivity index (χ2v) is 3.13. The Morgan fingerprint density at radius 1 is 0.944 bits per heavy atom. The highest BCUT2D eigenvalue weighted by Gasteiger charge is 2.00. The van der Waals surface area contributed by atoms with Gasteiger partial charge in [-0.05, 0) is 27.7 Å². The van der Waals surface area contributed by atoms with E-state index in [1.807, 2.05) is 13.8 Å². The summed E-state index contributed by atoms with van der Waals surface area (Å²) in [6.07, 6.45) is 1.93. The number of aliphatic carboxylic acids is 2. The van der Waals surface area contributed by atoms with E-state index in [0.29, 0.717) is 0 Å². The Kier molecular flexibility index (Phi) is 12.0. The molecule has 0 aliphatic carbocycles. The van der Waals surface area contributed by atoms with Crippen molar-refractivity contribution in [2.24, 2.45) is 0 Å². The maximum absolute atomic E-state index is 10.2. The first-order chi connectivity index (χ1) is 8.36. The van der Waals surface area contributed by atoms with Gasteiger partial charge >= 0.3 is 11.9 Å². The Morgan fingerprint density at radius 3 is 1.44 bits per heavy atom. The topological polar surface area (TPSA) is 93.1 Å². The summed E-state index contributed by atoms with van der Waals surface area (Å²) in [5, 5.41) is 16.7. The lowest BCUT2D eigenvalue weighted by atomic mass is 10.3. The fourth-order valence-electron chi connectivity index (χ4n) is 0.543. The molecule has 6 nitrogen and oxygen atoms in total. The largest absolute Gasteiger partial charge is 0.478 e. The second kappa shape index (κ2) is 11.7. The summed E-state index contributed by atoms with van der Waals surface area (Å²) < 4.78 is 9.43. The molecule has 0 spiro atoms. The monoisotopic (exact) mass is 260 g/mol. The van der Waals surface area contributed by atoms with Crippen LogP contribution in [0.5, 0.6) is 0 Å². The lowest BCUT2D eigenvalue weighted by Crippen LogP contribution is -1.98. The molecule has 0 heterocycles. The van der Waals surface area contributed by atoms with E-state index in [1.165, 1.54) is 13.8 Å². The summed E-state index contributed by atoms with van der Waals surface area (Å²) in [5.41, 5.74) is -0.0103. The van der Waals surface area contributed by atoms with Crippen molar-refractivity contribution in [3.05, 3.63) is 23.7 Å². The van der Waals surface area contributed by atoms with E-state index in [0.717, 1.165) is 25.7 Å². The summed E-state index contributed by atoms with van der Waals surface area (Å²) >= 11 is 0. The Labute approximate surface area is 107 Å². The van der Waals surface area contributed by atoms with Gasteiger partial charge in [-0.15, -0.1) is 0 Å². The fraction of sp³-hybridized carbons (Fsp3) is 0.500. The van der Waals surface area contributed by atoms with Crippen LogP contribution in [-0.4, -0.2) is 35.4 Å². The summed E-state index contributed by atoms with van der Waals surface area (Å²) in [4.78, 5) is 20.4. The highest BCUT2D eigenvalue weighted by atomic mass is 16.5. The van der Waals surface area contributed by atoms with Crippen molar-refractivity contribution >= 4 is 11.9 Å². The minimum atomic E-state index is -1.11. The molecule has 0 aromatic rings. The van der Waals surface area contributed by atoms with E-state index in [2.05, 4.69) is 4.74 Å². The first kappa shape index (κ1) is 18.5. The third kappa shape index (κ3) is 12.3. The van der Waals surface area contributed by atoms with Crippen LogP contribution in [0.3, 0.4) is 0 Å². The third-order valence-electron chi connectivity index (χ3n) is 1.57. The van der Waals surface area contributed by atoms with Gasteiger partial charge in [0.25, 0.3) is 0 Å². The Bertz CT molecular complexity index is 287. The summed E-state index contributed by atoms with van der Waals surface area (Å²) in [6, 6.07) is 0. The molecule has 0 atom stereocenters. The number of carboxylic acids is 2. The number of carboxylic acid groups (broad SMARTS) is 2. The molecule has 6 heteroatoms. The average Bonchev–Trinajstić information content (AvgIpc) is 2.30. The third-order valence-corrected chi connectivity index (χ3v) is 1.57. The van der Waals surface area contributed by atoms with Gasteiger partial charge in [-0.25, -0.2) is 9.59 Å². The number of rotatable bonds is 6. The zero-order valence-electron chi connectivity index (χ0n) is 11.1. The molecule has 0 unspecified atom stereocenters. The molecule has 0 aliphatic rings. The molecule has 0 saturated carbocycles. The molecule has 0 amide bonds. The van der Waals surface area contributed by atoms with Gasteiger partial charge in [0.2, 0.25) is 0 Å². The van der Waals surface area contributed by atoms with E-state index >= 15 is 0 Å². The number of hydrogen-bond acceptors (Lipinski definition) is 4. The Hall–Kier alpha value is -1.82. The van der Waals surface area contributed by atoms with Crippen molar-refractivity contribution in [3.63, 3.8) is 0 Å². The minimum Gasteiger partial charge on any atom is -0.478 e. The summed E-state index contributed by atoms with van der Waals surface area (Å²) in [7, 11) is 0. The van der Waals surface area contributed by atoms with Crippen LogP contribution < -0.4 is 0 Å². The summed E-state index contributed by atoms with van der Waals surface area (Å²) in [6.45, 7) is 8.35. The number of carbonyl (C=O) groups is 2. The molecule has 0 rings (SSSR count). The van der Waals surface area contributed by atoms with Crippen molar-refractivity contribution in [1.82, 2.24) is 0 Å². The maximum Gasteiger partial charge on any atom is 0.334 e. The van der Waals surface area contributed by atoms with Crippen LogP contribution in [0.4, 0.5) is 0 Å². The summed E-state index contributed by atoms with van der Waals surface area (Å²) in [5.74, 6) is -2.22. The smallest absolute Gasteiger partial charge is 0.334 e. The van der Waals surface area contributed by atoms with Crippen LogP contribution in [0, 0.1) is 0 Å². The lowest BCUT2D eigenvalue weighted by Gasteiger charge is -1.94. The quantitative estimate of drug-likeness (QED) is 0.560. The molecule has 2 N–H and O–H groups in total. The van der Waals surface area contributed by atoms with Crippen molar-refractivity contribution in [3.8, 4) is 0 Å². The van der Waals surface area contributed by atoms with Crippen LogP contribution in [0.15, 0.2) is 23.7 Å². The van der Waals surface area contributed by atoms with E-state index < -0.39 is 11.9 Å². The predicted molar refractivity (Wildman–Crippen MR) is 66.0 cm³/mol. The molecule has 18 heavy (non-hydrogen) atoms. The van der Waals surface area contributed by atoms with Crippen LogP contribution >= 0.6 is 0 Å². The van der Waals surface area contributed by atoms with E-state index in [1.54, 1.807) is 0 Å². The Morgan fingerprint density at radius 2 is 1.28 bits per heavy atom. The molecule has 0 aromatic heterocycles. The first-order valence-electron chi connectivity index (χ1n) is 5.40. The van der Waals surface area contributed by atoms with Crippen LogP contribution in [0.25, 0.3) is 0 Å². The number of ether oxygens (including phenoxy) is 2. The predicted octanol–water partition coefficient (Wildman–Crippen LogP) is 2.02. The zero-order chi connectivity index (χ0) is 14.6. The lowest BCUT2D eigenvalue weighted by molar-refractivity contribution is -0.133. The van der Waals surface area contributed by atoms with Crippen LogP contribution in [0.2, 0.25) is 0 Å². The van der Waals surface area contributed by atoms with Gasteiger partial charge in [0, 0.05) is 13.2 Å². The molecular formula is C12H20O6. The highest BCUT2D eigenvalue weighted by Crippen LogP contribution is 1.97. The molecule has 0 fully saturated rings. The molecule has 0 saturated heterocycles. The van der Waals surface area contributed by atoms with Crippen molar-refractivity contribution in [1.29, 1.82) is 0 Å². The van der Waals surface area contributed by atoms with E-state index in [9.17, 15) is 9.59 Å². The van der Waals surface area contributed by atoms with Gasteiger partial charge < -0.3 is 19.7 Å². The minimum absolute atomic E-state index is 0.00515. The van der Waals surface area contributed by atoms with Crippen molar-refractivity contribution < 1.29 is 29.3 Å². The number of hydrogen-bond donors (Lipinski definition) is 2. The van der Waals surface area contributed by atoms with Gasteiger partial charge in [-0.2, -0.15) is 0 Å². The van der Waals surface area contributed by atoms with Gasteiger partial charge in [0.15, 0.2) is 0 Å². The highest BCUT2D eigenvalue weighted by molar-refractivity contribution is 5.86. The van der Waals surface area contributed by atoms with Gasteiger partial charge in [-0.3, -0.25) is 0 Å². The standard InChI is InChI=1S/C8H10O5.C4H10O/c1-5(7(9)10)3-13-4-6(2)8(11)12;1-3-5-4-2/h3-4H,1-2H3,(H,9,10)(H,11,12);3-4H2,1-2H3/b5-3+,6-4+;. The normalized spacial score (nSPS) is 11.3. The fourth-order valence-corrected chi connectivity index (χ4v) is 0.543. The molecule has 0 radical (unpaired) electrons. The molecule has 0 bridgehead atoms. The average molecular weight is 260 g/mol. The van der Waals surface area contributed by atoms with Crippen molar-refractivity contribution in [2.75, 3.05) is 13.2 Å². The van der Waals surface area contributed by atoms with E-state index in [4.69, 9.17) is 14.9 Å². The molecule has 0 aromatic carbocycles. The second-order valence-electron chi connectivity index (χ2n) is 3.13. The SMILES string of the molecule is C/C(=C\O/C=C(\C)C(=O)O)C(=O)O.CCOCC. The molecule has 104 valence electrons.